The van der Waals surface area contributed by atoms with Gasteiger partial charge < -0.3 is 9.80 Å². The first-order valence-electron chi connectivity index (χ1n) is 9.90. The summed E-state index contributed by atoms with van der Waals surface area (Å²) in [6, 6.07) is 18.0. The third-order valence-electron chi connectivity index (χ3n) is 6.08. The van der Waals surface area contributed by atoms with Crippen molar-refractivity contribution in [2.24, 2.45) is 0 Å². The molecule has 2 heterocycles. The third kappa shape index (κ3) is 3.11. The van der Waals surface area contributed by atoms with Gasteiger partial charge in [0.1, 0.15) is 5.54 Å². The maximum absolute atomic E-state index is 13.1. The number of hydrogen-bond donors (Lipinski definition) is 0. The van der Waals surface area contributed by atoms with E-state index in [9.17, 15) is 19.6 Å². The van der Waals surface area contributed by atoms with Crippen LogP contribution in [0.3, 0.4) is 0 Å². The number of hydrogen-bond acceptors (Lipinski definition) is 4. The molecule has 7 nitrogen and oxygen atoms in total. The van der Waals surface area contributed by atoms with Gasteiger partial charge in [0.2, 0.25) is 0 Å². The van der Waals surface area contributed by atoms with E-state index in [0.29, 0.717) is 43.6 Å². The summed E-state index contributed by atoms with van der Waals surface area (Å²) in [5.41, 5.74) is 0.714. The summed E-state index contributed by atoms with van der Waals surface area (Å²) in [4.78, 5) is 43.3. The molecule has 2 saturated heterocycles. The van der Waals surface area contributed by atoms with E-state index in [1.165, 1.54) is 11.9 Å². The minimum absolute atomic E-state index is 0.215. The Hall–Kier alpha value is -3.66. The SMILES string of the molecule is CN1C(=O)N(Cc2ccccc2)C2(CCN(C(=O)c3ccccc3C#N)CC2)C1=O. The van der Waals surface area contributed by atoms with Crippen LogP contribution < -0.4 is 0 Å². The number of amides is 4. The Bertz CT molecular complexity index is 1040. The first kappa shape index (κ1) is 19.6. The molecule has 2 aromatic carbocycles. The zero-order valence-corrected chi connectivity index (χ0v) is 16.7. The third-order valence-corrected chi connectivity index (χ3v) is 6.08. The van der Waals surface area contributed by atoms with Crippen molar-refractivity contribution in [1.82, 2.24) is 14.7 Å². The maximum atomic E-state index is 13.1. The molecular formula is C23H22N4O3. The van der Waals surface area contributed by atoms with Crippen LogP contribution in [0.4, 0.5) is 4.79 Å². The van der Waals surface area contributed by atoms with Gasteiger partial charge in [0.25, 0.3) is 11.8 Å². The number of piperidine rings is 1. The predicted octanol–water partition coefficient (Wildman–Crippen LogP) is 2.63. The van der Waals surface area contributed by atoms with E-state index in [2.05, 4.69) is 6.07 Å². The van der Waals surface area contributed by atoms with Crippen LogP contribution in [0.15, 0.2) is 54.6 Å². The summed E-state index contributed by atoms with van der Waals surface area (Å²) in [5.74, 6) is -0.435. The molecule has 7 heteroatoms. The number of nitriles is 1. The highest BCUT2D eigenvalue weighted by molar-refractivity contribution is 6.07. The second-order valence-electron chi connectivity index (χ2n) is 7.70. The Morgan fingerprint density at radius 1 is 1.03 bits per heavy atom. The van der Waals surface area contributed by atoms with Gasteiger partial charge in [-0.2, -0.15) is 5.26 Å². The largest absolute Gasteiger partial charge is 0.338 e. The molecule has 0 bridgehead atoms. The molecule has 2 aromatic rings. The summed E-state index contributed by atoms with van der Waals surface area (Å²) in [6.07, 6.45) is 0.740. The van der Waals surface area contributed by atoms with Crippen LogP contribution >= 0.6 is 0 Å². The Morgan fingerprint density at radius 2 is 1.67 bits per heavy atom. The van der Waals surface area contributed by atoms with Crippen LogP contribution in [0.5, 0.6) is 0 Å². The van der Waals surface area contributed by atoms with Crippen molar-refractivity contribution < 1.29 is 14.4 Å². The van der Waals surface area contributed by atoms with E-state index in [0.717, 1.165) is 5.56 Å². The minimum atomic E-state index is -0.937. The summed E-state index contributed by atoms with van der Waals surface area (Å²) in [7, 11) is 1.51. The minimum Gasteiger partial charge on any atom is -0.338 e. The van der Waals surface area contributed by atoms with E-state index in [-0.39, 0.29) is 17.8 Å². The normalized spacial score (nSPS) is 18.1. The van der Waals surface area contributed by atoms with Crippen LogP contribution in [0.1, 0.15) is 34.3 Å². The maximum Gasteiger partial charge on any atom is 0.327 e. The van der Waals surface area contributed by atoms with Gasteiger partial charge in [-0.25, -0.2) is 4.79 Å². The summed E-state index contributed by atoms with van der Waals surface area (Å²) < 4.78 is 0. The molecule has 0 saturated carbocycles. The molecule has 4 rings (SSSR count). The Labute approximate surface area is 175 Å². The van der Waals surface area contributed by atoms with Crippen LogP contribution in [0.2, 0.25) is 0 Å². The molecule has 0 radical (unpaired) electrons. The zero-order valence-electron chi connectivity index (χ0n) is 16.7. The highest BCUT2D eigenvalue weighted by Crippen LogP contribution is 2.38. The second-order valence-corrected chi connectivity index (χ2v) is 7.70. The smallest absolute Gasteiger partial charge is 0.327 e. The van der Waals surface area contributed by atoms with E-state index in [1.54, 1.807) is 34.1 Å². The highest BCUT2D eigenvalue weighted by Gasteiger charge is 2.57. The highest BCUT2D eigenvalue weighted by atomic mass is 16.2. The van der Waals surface area contributed by atoms with Crippen LogP contribution in [0, 0.1) is 11.3 Å². The molecule has 1 spiro atoms. The van der Waals surface area contributed by atoms with Crippen molar-refractivity contribution in [3.63, 3.8) is 0 Å². The van der Waals surface area contributed by atoms with Crippen molar-refractivity contribution >= 4 is 17.8 Å². The molecule has 0 unspecified atom stereocenters. The molecular weight excluding hydrogens is 380 g/mol. The number of rotatable bonds is 3. The van der Waals surface area contributed by atoms with Gasteiger partial charge >= 0.3 is 6.03 Å². The van der Waals surface area contributed by atoms with Gasteiger partial charge in [-0.15, -0.1) is 0 Å². The van der Waals surface area contributed by atoms with Gasteiger partial charge in [0.05, 0.1) is 17.2 Å². The lowest BCUT2D eigenvalue weighted by Crippen LogP contribution is -2.57. The monoisotopic (exact) mass is 402 g/mol. The zero-order chi connectivity index (χ0) is 21.3. The fraction of sp³-hybridized carbons (Fsp3) is 0.304. The first-order valence-corrected chi connectivity index (χ1v) is 9.90. The molecule has 2 aliphatic heterocycles. The quantitative estimate of drug-likeness (QED) is 0.739. The first-order chi connectivity index (χ1) is 14.5. The molecule has 0 N–H and O–H groups in total. The molecule has 0 atom stereocenters. The Kier molecular flexibility index (Phi) is 5.00. The number of urea groups is 1. The fourth-order valence-electron chi connectivity index (χ4n) is 4.36. The van der Waals surface area contributed by atoms with Crippen LogP contribution in [0.25, 0.3) is 0 Å². The van der Waals surface area contributed by atoms with Crippen LogP contribution in [-0.4, -0.2) is 58.2 Å². The Morgan fingerprint density at radius 3 is 2.33 bits per heavy atom. The van der Waals surface area contributed by atoms with E-state index < -0.39 is 5.54 Å². The summed E-state index contributed by atoms with van der Waals surface area (Å²) >= 11 is 0. The number of imide groups is 1. The second kappa shape index (κ2) is 7.64. The summed E-state index contributed by atoms with van der Waals surface area (Å²) in [6.45, 7) is 1.04. The number of carbonyl (C=O) groups excluding carboxylic acids is 3. The number of benzene rings is 2. The van der Waals surface area contributed by atoms with E-state index in [1.807, 2.05) is 30.3 Å². The standard InChI is InChI=1S/C23H22N4O3/c1-25-21(29)23(27(22(25)30)16-17-7-3-2-4-8-17)11-13-26(14-12-23)20(28)19-10-6-5-9-18(19)15-24/h2-10H,11-14,16H2,1H3. The van der Waals surface area contributed by atoms with E-state index in [4.69, 9.17) is 0 Å². The van der Waals surface area contributed by atoms with Crippen molar-refractivity contribution in [3.05, 3.63) is 71.3 Å². The average Bonchev–Trinajstić information content (AvgIpc) is 2.96. The van der Waals surface area contributed by atoms with Crippen molar-refractivity contribution in [2.45, 2.75) is 24.9 Å². The van der Waals surface area contributed by atoms with Gasteiger partial charge in [0.15, 0.2) is 0 Å². The van der Waals surface area contributed by atoms with Crippen molar-refractivity contribution in [1.29, 1.82) is 5.26 Å². The lowest BCUT2D eigenvalue weighted by molar-refractivity contribution is -0.134. The van der Waals surface area contributed by atoms with Gasteiger partial charge in [-0.05, 0) is 30.5 Å². The number of likely N-dealkylation sites (tertiary alicyclic amines) is 1. The molecule has 30 heavy (non-hydrogen) atoms. The number of nitrogens with zero attached hydrogens (tertiary/aromatic N) is 4. The predicted molar refractivity (Wildman–Crippen MR) is 109 cm³/mol. The molecule has 0 aromatic heterocycles. The lowest BCUT2D eigenvalue weighted by Gasteiger charge is -2.42. The van der Waals surface area contributed by atoms with Gasteiger partial charge in [0, 0.05) is 26.7 Å². The van der Waals surface area contributed by atoms with Gasteiger partial charge in [-0.3, -0.25) is 14.5 Å². The average molecular weight is 402 g/mol. The topological polar surface area (TPSA) is 84.7 Å². The van der Waals surface area contributed by atoms with Crippen LogP contribution in [-0.2, 0) is 11.3 Å². The van der Waals surface area contributed by atoms with Crippen molar-refractivity contribution in [2.75, 3.05) is 20.1 Å². The Balaban J connectivity index is 1.56. The van der Waals surface area contributed by atoms with E-state index >= 15 is 0 Å². The molecule has 0 aliphatic carbocycles. The van der Waals surface area contributed by atoms with Gasteiger partial charge in [-0.1, -0.05) is 42.5 Å². The molecule has 152 valence electrons. The fourth-order valence-corrected chi connectivity index (χ4v) is 4.36. The van der Waals surface area contributed by atoms with Crippen molar-refractivity contribution in [3.8, 4) is 6.07 Å². The lowest BCUT2D eigenvalue weighted by atomic mass is 9.85. The molecule has 2 aliphatic rings. The number of likely N-dealkylation sites (N-methyl/N-ethyl adjacent to an activating group) is 1. The molecule has 2 fully saturated rings. The summed E-state index contributed by atoms with van der Waals surface area (Å²) in [5, 5.41) is 9.29. The number of carbonyl (C=O) groups is 3. The molecule has 4 amide bonds.